The van der Waals surface area contributed by atoms with Crippen molar-refractivity contribution in [2.24, 2.45) is 15.7 Å². The zero-order valence-electron chi connectivity index (χ0n) is 27.3. The van der Waals surface area contributed by atoms with Crippen LogP contribution in [0, 0.1) is 0 Å². The molecule has 238 valence electrons. The largest absolute Gasteiger partial charge is 0.383 e. The van der Waals surface area contributed by atoms with Crippen molar-refractivity contribution in [2.75, 3.05) is 0 Å². The fourth-order valence-electron chi connectivity index (χ4n) is 6.44. The highest BCUT2D eigenvalue weighted by molar-refractivity contribution is 6.16. The lowest BCUT2D eigenvalue weighted by Crippen LogP contribution is -2.16. The number of hydrogen-bond donors (Lipinski definition) is 1. The molecule has 2 N–H and O–H groups in total. The van der Waals surface area contributed by atoms with Gasteiger partial charge in [0.05, 0.1) is 17.9 Å². The summed E-state index contributed by atoms with van der Waals surface area (Å²) in [6, 6.07) is 59.4. The molecule has 0 spiro atoms. The number of nitrogens with zero attached hydrogens (tertiary/aromatic N) is 4. The van der Waals surface area contributed by atoms with Crippen molar-refractivity contribution in [2.45, 2.75) is 6.54 Å². The van der Waals surface area contributed by atoms with Crippen molar-refractivity contribution in [3.05, 3.63) is 193 Å². The quantitative estimate of drug-likeness (QED) is 0.107. The molecule has 0 aliphatic rings. The van der Waals surface area contributed by atoms with E-state index >= 15 is 0 Å². The number of aliphatic imine (C=N–C) groups is 2. The molecule has 0 fully saturated rings. The van der Waals surface area contributed by atoms with Gasteiger partial charge in [-0.3, -0.25) is 4.99 Å². The Labute approximate surface area is 291 Å². The highest BCUT2D eigenvalue weighted by atomic mass is 15.0. The first-order valence-electron chi connectivity index (χ1n) is 16.6. The van der Waals surface area contributed by atoms with Gasteiger partial charge in [0.25, 0.3) is 0 Å². The minimum Gasteiger partial charge on any atom is -0.383 e. The Hall–Kier alpha value is -6.72. The molecule has 0 amide bonds. The van der Waals surface area contributed by atoms with E-state index < -0.39 is 0 Å². The summed E-state index contributed by atoms with van der Waals surface area (Å²) in [7, 11) is 0. The summed E-state index contributed by atoms with van der Waals surface area (Å²) in [4.78, 5) is 20.5. The summed E-state index contributed by atoms with van der Waals surface area (Å²) in [6.45, 7) is 0.349. The first-order chi connectivity index (χ1) is 24.7. The first-order valence-corrected chi connectivity index (χ1v) is 16.6. The second kappa shape index (κ2) is 13.8. The Morgan fingerprint density at radius 1 is 0.480 bits per heavy atom. The second-order valence-corrected chi connectivity index (χ2v) is 12.0. The second-order valence-electron chi connectivity index (χ2n) is 12.0. The summed E-state index contributed by atoms with van der Waals surface area (Å²) in [5, 5.41) is 4.52. The SMILES string of the molecule is NC(=NC(=NCc1c(-c2cc(-c3ccccc3)nc(-c3ccccc3)n2)c2ccccc2c2ccccc12)c1ccccc1)c1ccccc1. The molecule has 0 saturated carbocycles. The minimum atomic E-state index is 0.349. The van der Waals surface area contributed by atoms with Crippen LogP contribution in [0.1, 0.15) is 16.7 Å². The van der Waals surface area contributed by atoms with Crippen LogP contribution < -0.4 is 5.73 Å². The van der Waals surface area contributed by atoms with E-state index in [2.05, 4.69) is 78.9 Å². The van der Waals surface area contributed by atoms with E-state index in [0.29, 0.717) is 24.0 Å². The summed E-state index contributed by atoms with van der Waals surface area (Å²) in [6.07, 6.45) is 0. The lowest BCUT2D eigenvalue weighted by atomic mass is 9.89. The smallest absolute Gasteiger partial charge is 0.160 e. The number of rotatable bonds is 7. The number of hydrogen-bond acceptors (Lipinski definition) is 3. The Morgan fingerprint density at radius 2 is 0.960 bits per heavy atom. The lowest BCUT2D eigenvalue weighted by Gasteiger charge is -2.18. The average molecular weight is 644 g/mol. The molecule has 1 heterocycles. The van der Waals surface area contributed by atoms with E-state index in [4.69, 9.17) is 25.7 Å². The molecular weight excluding hydrogens is 611 g/mol. The van der Waals surface area contributed by atoms with Gasteiger partial charge in [0.15, 0.2) is 11.7 Å². The minimum absolute atomic E-state index is 0.349. The Morgan fingerprint density at radius 3 is 1.60 bits per heavy atom. The van der Waals surface area contributed by atoms with Crippen molar-refractivity contribution in [3.63, 3.8) is 0 Å². The van der Waals surface area contributed by atoms with Crippen LogP contribution in [0.5, 0.6) is 0 Å². The molecule has 0 saturated heterocycles. The van der Waals surface area contributed by atoms with E-state index in [-0.39, 0.29) is 0 Å². The van der Waals surface area contributed by atoms with Crippen LogP contribution in [0.3, 0.4) is 0 Å². The fourth-order valence-corrected chi connectivity index (χ4v) is 6.44. The van der Waals surface area contributed by atoms with E-state index in [0.717, 1.165) is 66.3 Å². The van der Waals surface area contributed by atoms with Gasteiger partial charge in [-0.05, 0) is 33.2 Å². The van der Waals surface area contributed by atoms with E-state index in [9.17, 15) is 0 Å². The molecule has 8 aromatic rings. The molecule has 7 aromatic carbocycles. The van der Waals surface area contributed by atoms with Crippen LogP contribution >= 0.6 is 0 Å². The molecule has 0 atom stereocenters. The van der Waals surface area contributed by atoms with Gasteiger partial charge in [-0.15, -0.1) is 0 Å². The van der Waals surface area contributed by atoms with Crippen LogP contribution in [0.15, 0.2) is 186 Å². The van der Waals surface area contributed by atoms with E-state index in [1.165, 1.54) is 0 Å². The van der Waals surface area contributed by atoms with Gasteiger partial charge in [-0.1, -0.05) is 170 Å². The van der Waals surface area contributed by atoms with Crippen molar-refractivity contribution < 1.29 is 0 Å². The van der Waals surface area contributed by atoms with Crippen molar-refractivity contribution in [1.29, 1.82) is 0 Å². The van der Waals surface area contributed by atoms with Gasteiger partial charge >= 0.3 is 0 Å². The molecule has 50 heavy (non-hydrogen) atoms. The third-order valence-corrected chi connectivity index (χ3v) is 8.84. The number of fused-ring (bicyclic) bond motifs is 3. The van der Waals surface area contributed by atoms with E-state index in [1.807, 2.05) is 97.1 Å². The van der Waals surface area contributed by atoms with Crippen LogP contribution in [0.25, 0.3) is 55.4 Å². The zero-order chi connectivity index (χ0) is 33.7. The molecule has 5 heteroatoms. The molecule has 0 radical (unpaired) electrons. The van der Waals surface area contributed by atoms with Gasteiger partial charge in [-0.2, -0.15) is 0 Å². The number of nitrogens with two attached hydrogens (primary N) is 1. The number of aromatic nitrogens is 2. The van der Waals surface area contributed by atoms with Gasteiger partial charge < -0.3 is 5.73 Å². The molecule has 0 bridgehead atoms. The third-order valence-electron chi connectivity index (χ3n) is 8.84. The van der Waals surface area contributed by atoms with Gasteiger partial charge in [-0.25, -0.2) is 15.0 Å². The lowest BCUT2D eigenvalue weighted by molar-refractivity contribution is 1.07. The predicted octanol–water partition coefficient (Wildman–Crippen LogP) is 10.1. The van der Waals surface area contributed by atoms with Crippen molar-refractivity contribution in [3.8, 4) is 33.9 Å². The number of amidine groups is 2. The van der Waals surface area contributed by atoms with Gasteiger partial charge in [0.1, 0.15) is 5.84 Å². The van der Waals surface area contributed by atoms with E-state index in [1.54, 1.807) is 0 Å². The molecular formula is C45H33N5. The highest BCUT2D eigenvalue weighted by Gasteiger charge is 2.20. The third kappa shape index (κ3) is 6.16. The maximum Gasteiger partial charge on any atom is 0.160 e. The highest BCUT2D eigenvalue weighted by Crippen LogP contribution is 2.40. The summed E-state index contributed by atoms with van der Waals surface area (Å²) >= 11 is 0. The maximum atomic E-state index is 6.58. The normalized spacial score (nSPS) is 12.0. The zero-order valence-corrected chi connectivity index (χ0v) is 27.3. The summed E-state index contributed by atoms with van der Waals surface area (Å²) in [5.74, 6) is 1.64. The van der Waals surface area contributed by atoms with Crippen LogP contribution in [0.2, 0.25) is 0 Å². The van der Waals surface area contributed by atoms with Gasteiger partial charge in [0, 0.05) is 27.8 Å². The standard InChI is InChI=1S/C45H33N5/c46-43(32-19-7-2-8-20-32)50-44(33-21-9-3-10-22-33)47-30-39-37-27-14-13-25-35(37)36-26-15-16-28-38(36)42(39)41-29-40(31-17-5-1-6-18-31)48-45(49-41)34-23-11-4-12-24-34/h1-29H,30H2,(H2,46,47,50). The topological polar surface area (TPSA) is 76.5 Å². The molecule has 8 rings (SSSR count). The molecule has 1 aromatic heterocycles. The van der Waals surface area contributed by atoms with Crippen LogP contribution in [0.4, 0.5) is 0 Å². The average Bonchev–Trinajstić information content (AvgIpc) is 3.20. The predicted molar refractivity (Wildman–Crippen MR) is 207 cm³/mol. The van der Waals surface area contributed by atoms with Gasteiger partial charge in [0.2, 0.25) is 0 Å². The fraction of sp³-hybridized carbons (Fsp3) is 0.0222. The number of benzene rings is 7. The van der Waals surface area contributed by atoms with Crippen LogP contribution in [-0.4, -0.2) is 21.6 Å². The summed E-state index contributed by atoms with van der Waals surface area (Å²) < 4.78 is 0. The summed E-state index contributed by atoms with van der Waals surface area (Å²) in [5.41, 5.74) is 14.0. The van der Waals surface area contributed by atoms with Crippen LogP contribution in [-0.2, 0) is 6.54 Å². The molecule has 0 unspecified atom stereocenters. The van der Waals surface area contributed by atoms with Crippen molar-refractivity contribution >= 4 is 33.2 Å². The van der Waals surface area contributed by atoms with Crippen molar-refractivity contribution in [1.82, 2.24) is 9.97 Å². The maximum absolute atomic E-state index is 6.58. The molecule has 0 aliphatic heterocycles. The first kappa shape index (κ1) is 30.6. The molecule has 0 aliphatic carbocycles. The Balaban J connectivity index is 1.40. The Kier molecular flexibility index (Phi) is 8.44. The molecule has 5 nitrogen and oxygen atoms in total. The Bertz CT molecular complexity index is 2430. The monoisotopic (exact) mass is 643 g/mol.